The Morgan fingerprint density at radius 2 is 1.70 bits per heavy atom. The minimum absolute atomic E-state index is 0.0124. The van der Waals surface area contributed by atoms with Crippen molar-refractivity contribution in [3.8, 4) is 0 Å². The summed E-state index contributed by atoms with van der Waals surface area (Å²) >= 11 is 3.64. The van der Waals surface area contributed by atoms with Gasteiger partial charge in [-0.2, -0.15) is 4.31 Å². The minimum atomic E-state index is -3.56. The van der Waals surface area contributed by atoms with Crippen LogP contribution in [0.3, 0.4) is 0 Å². The zero-order chi connectivity index (χ0) is 20.7. The first-order valence-electron chi connectivity index (χ1n) is 10.7. The van der Waals surface area contributed by atoms with Crippen LogP contribution in [0.2, 0.25) is 0 Å². The van der Waals surface area contributed by atoms with E-state index in [2.05, 4.69) is 20.8 Å². The maximum Gasteiger partial charge on any atom is 0.243 e. The van der Waals surface area contributed by atoms with Gasteiger partial charge in [-0.25, -0.2) is 8.42 Å². The van der Waals surface area contributed by atoms with Crippen LogP contribution >= 0.6 is 15.9 Å². The van der Waals surface area contributed by atoms with Crippen molar-refractivity contribution in [3.05, 3.63) is 22.2 Å². The Labute approximate surface area is 185 Å². The minimum Gasteiger partial charge on any atom is -0.380 e. The number of anilines is 1. The van der Waals surface area contributed by atoms with Crippen molar-refractivity contribution < 1.29 is 22.6 Å². The fourth-order valence-corrected chi connectivity index (χ4v) is 9.05. The molecular weight excluding hydrogens is 472 g/mol. The van der Waals surface area contributed by atoms with Crippen molar-refractivity contribution in [1.82, 2.24) is 4.31 Å². The normalized spacial score (nSPS) is 38.3. The summed E-state index contributed by atoms with van der Waals surface area (Å²) < 4.78 is 46.9. The van der Waals surface area contributed by atoms with Gasteiger partial charge in [-0.05, 0) is 53.4 Å². The average Bonchev–Trinajstić information content (AvgIpc) is 3.42. The lowest BCUT2D eigenvalue weighted by molar-refractivity contribution is 0.0352. The summed E-state index contributed by atoms with van der Waals surface area (Å²) in [5, 5.41) is 0. The van der Waals surface area contributed by atoms with Crippen LogP contribution in [0, 0.1) is 17.8 Å². The smallest absolute Gasteiger partial charge is 0.243 e. The van der Waals surface area contributed by atoms with E-state index in [-0.39, 0.29) is 23.0 Å². The van der Waals surface area contributed by atoms with Crippen molar-refractivity contribution in [2.45, 2.75) is 43.3 Å². The number of rotatable bonds is 3. The summed E-state index contributed by atoms with van der Waals surface area (Å²) in [6, 6.07) is 3.76. The van der Waals surface area contributed by atoms with Crippen LogP contribution < -0.4 is 4.90 Å². The number of sulfonamides is 1. The molecule has 4 atom stereocenters. The van der Waals surface area contributed by atoms with Crippen LogP contribution in [0.25, 0.3) is 0 Å². The molecule has 0 radical (unpaired) electrons. The standard InChI is InChI=1S/C21H27BrN2O5S/c1-14-5-16(23-7-17-18(8-23)29-13-28-17)15(22)6-19(14)30(25,26)24-9-20-3-2-4-21(20,10-24)12-27-11-20/h5-6,17-18H,2-4,7-13H2,1H3/t17-,18+,20?,21?. The molecule has 1 aromatic rings. The van der Waals surface area contributed by atoms with Crippen LogP contribution in [0.15, 0.2) is 21.5 Å². The molecule has 1 saturated carbocycles. The van der Waals surface area contributed by atoms with Gasteiger partial charge in [0, 0.05) is 41.5 Å². The van der Waals surface area contributed by atoms with Gasteiger partial charge in [0.25, 0.3) is 0 Å². The first kappa shape index (κ1) is 19.9. The highest BCUT2D eigenvalue weighted by Crippen LogP contribution is 2.62. The van der Waals surface area contributed by atoms with E-state index in [0.717, 1.165) is 41.7 Å². The molecule has 0 aromatic heterocycles. The number of ether oxygens (including phenoxy) is 3. The van der Waals surface area contributed by atoms with Crippen molar-refractivity contribution in [2.75, 3.05) is 51.1 Å². The van der Waals surface area contributed by atoms with Gasteiger partial charge in [0.1, 0.15) is 19.0 Å². The zero-order valence-corrected chi connectivity index (χ0v) is 19.5. The Balaban J connectivity index is 1.30. The highest BCUT2D eigenvalue weighted by Gasteiger charge is 2.65. The fraction of sp³-hybridized carbons (Fsp3) is 0.714. The Kier molecular flexibility index (Phi) is 4.42. The molecule has 0 spiro atoms. The largest absolute Gasteiger partial charge is 0.380 e. The molecule has 1 aromatic carbocycles. The molecule has 30 heavy (non-hydrogen) atoms. The number of fused-ring (bicyclic) bond motifs is 1. The maximum atomic E-state index is 13.7. The number of hydrogen-bond donors (Lipinski definition) is 0. The average molecular weight is 499 g/mol. The van der Waals surface area contributed by atoms with Crippen molar-refractivity contribution in [3.63, 3.8) is 0 Å². The third-order valence-corrected chi connectivity index (χ3v) is 10.7. The summed E-state index contributed by atoms with van der Waals surface area (Å²) in [6.45, 7) is 6.33. The number of benzene rings is 1. The Morgan fingerprint density at radius 1 is 1.07 bits per heavy atom. The van der Waals surface area contributed by atoms with Gasteiger partial charge in [-0.15, -0.1) is 0 Å². The molecule has 9 heteroatoms. The highest BCUT2D eigenvalue weighted by molar-refractivity contribution is 9.10. The van der Waals surface area contributed by atoms with Gasteiger partial charge >= 0.3 is 0 Å². The Bertz CT molecular complexity index is 957. The van der Waals surface area contributed by atoms with Gasteiger partial charge in [-0.1, -0.05) is 6.42 Å². The third kappa shape index (κ3) is 2.65. The zero-order valence-electron chi connectivity index (χ0n) is 17.1. The van der Waals surface area contributed by atoms with E-state index in [9.17, 15) is 8.42 Å². The van der Waals surface area contributed by atoms with E-state index < -0.39 is 10.0 Å². The predicted molar refractivity (Wildman–Crippen MR) is 114 cm³/mol. The number of aryl methyl sites for hydroxylation is 1. The summed E-state index contributed by atoms with van der Waals surface area (Å²) in [5.41, 5.74) is 1.80. The summed E-state index contributed by atoms with van der Waals surface area (Å²) in [7, 11) is -3.56. The highest BCUT2D eigenvalue weighted by atomic mass is 79.9. The molecule has 164 valence electrons. The molecule has 4 aliphatic heterocycles. The van der Waals surface area contributed by atoms with Gasteiger partial charge in [0.05, 0.1) is 23.8 Å². The van der Waals surface area contributed by atoms with Crippen LogP contribution in [-0.4, -0.2) is 71.1 Å². The molecular formula is C21H27BrN2O5S. The lowest BCUT2D eigenvalue weighted by Crippen LogP contribution is -2.34. The first-order valence-corrected chi connectivity index (χ1v) is 12.9. The molecule has 5 fully saturated rings. The molecule has 0 bridgehead atoms. The van der Waals surface area contributed by atoms with Crippen molar-refractivity contribution in [2.24, 2.45) is 10.8 Å². The first-order chi connectivity index (χ1) is 14.3. The van der Waals surface area contributed by atoms with Crippen molar-refractivity contribution in [1.29, 1.82) is 0 Å². The van der Waals surface area contributed by atoms with E-state index in [1.165, 1.54) is 6.42 Å². The van der Waals surface area contributed by atoms with E-state index >= 15 is 0 Å². The van der Waals surface area contributed by atoms with Crippen LogP contribution in [0.5, 0.6) is 0 Å². The molecule has 5 aliphatic rings. The maximum absolute atomic E-state index is 13.7. The monoisotopic (exact) mass is 498 g/mol. The molecule has 6 rings (SSSR count). The SMILES string of the molecule is Cc1cc(N2C[C@@H]3OCO[C@@H]3C2)c(Br)cc1S(=O)(=O)N1CC23CCCC2(COC3)C1. The molecule has 4 heterocycles. The predicted octanol–water partition coefficient (Wildman–Crippen LogP) is 2.51. The van der Waals surface area contributed by atoms with E-state index in [0.29, 0.717) is 38.0 Å². The molecule has 7 nitrogen and oxygen atoms in total. The lowest BCUT2D eigenvalue weighted by atomic mass is 9.71. The summed E-state index contributed by atoms with van der Waals surface area (Å²) in [5.74, 6) is 0. The van der Waals surface area contributed by atoms with Crippen molar-refractivity contribution >= 4 is 31.6 Å². The molecule has 4 saturated heterocycles. The van der Waals surface area contributed by atoms with Crippen LogP contribution in [0.4, 0.5) is 5.69 Å². The van der Waals surface area contributed by atoms with Crippen LogP contribution in [0.1, 0.15) is 24.8 Å². The third-order valence-electron chi connectivity index (χ3n) is 8.13. The Morgan fingerprint density at radius 3 is 2.33 bits per heavy atom. The Hall–Kier alpha value is -0.710. The number of nitrogens with zero attached hydrogens (tertiary/aromatic N) is 2. The van der Waals surface area contributed by atoms with E-state index in [1.54, 1.807) is 10.4 Å². The second-order valence-electron chi connectivity index (χ2n) is 9.68. The fourth-order valence-electron chi connectivity index (χ4n) is 6.46. The van der Waals surface area contributed by atoms with Gasteiger partial charge < -0.3 is 19.1 Å². The molecule has 2 unspecified atom stereocenters. The lowest BCUT2D eigenvalue weighted by Gasteiger charge is -2.29. The summed E-state index contributed by atoms with van der Waals surface area (Å²) in [4.78, 5) is 2.61. The van der Waals surface area contributed by atoms with Gasteiger partial charge in [0.2, 0.25) is 10.0 Å². The summed E-state index contributed by atoms with van der Waals surface area (Å²) in [6.07, 6.45) is 3.50. The second-order valence-corrected chi connectivity index (χ2v) is 12.4. The molecule has 0 amide bonds. The molecule has 1 aliphatic carbocycles. The van der Waals surface area contributed by atoms with Gasteiger partial charge in [-0.3, -0.25) is 0 Å². The number of hydrogen-bond acceptors (Lipinski definition) is 6. The van der Waals surface area contributed by atoms with Crippen LogP contribution in [-0.2, 0) is 24.2 Å². The topological polar surface area (TPSA) is 68.3 Å². The molecule has 0 N–H and O–H groups in total. The van der Waals surface area contributed by atoms with Gasteiger partial charge in [0.15, 0.2) is 0 Å². The van der Waals surface area contributed by atoms with E-state index in [4.69, 9.17) is 14.2 Å². The van der Waals surface area contributed by atoms with E-state index in [1.807, 2.05) is 13.0 Å². The quantitative estimate of drug-likeness (QED) is 0.637. The second kappa shape index (κ2) is 6.65. The number of halogens is 1.